The summed E-state index contributed by atoms with van der Waals surface area (Å²) in [6, 6.07) is 18.8. The van der Waals surface area contributed by atoms with Crippen molar-refractivity contribution in [3.63, 3.8) is 0 Å². The van der Waals surface area contributed by atoms with Crippen LogP contribution < -0.4 is 9.64 Å². The monoisotopic (exact) mass is 478 g/mol. The highest BCUT2D eigenvalue weighted by molar-refractivity contribution is 5.93. The van der Waals surface area contributed by atoms with E-state index in [0.29, 0.717) is 13.0 Å². The van der Waals surface area contributed by atoms with E-state index in [1.165, 1.54) is 5.56 Å². The molecule has 2 aliphatic rings. The summed E-state index contributed by atoms with van der Waals surface area (Å²) in [6.07, 6.45) is 2.69. The zero-order valence-electron chi connectivity index (χ0n) is 21.8. The smallest absolute Gasteiger partial charge is 0.226 e. The molecule has 35 heavy (non-hydrogen) atoms. The summed E-state index contributed by atoms with van der Waals surface area (Å²) in [5, 5.41) is 0. The maximum atomic E-state index is 13.2. The van der Waals surface area contributed by atoms with Gasteiger partial charge in [-0.3, -0.25) is 14.6 Å². The Labute approximate surface area is 211 Å². The summed E-state index contributed by atoms with van der Waals surface area (Å²) in [5.41, 5.74) is 2.36. The fraction of sp³-hybridized carbons (Fsp3) is 0.552. The number of likely N-dealkylation sites (tertiary alicyclic amines) is 1. The Hall–Kier alpha value is -2.41. The molecule has 0 spiro atoms. The summed E-state index contributed by atoms with van der Waals surface area (Å²) in [4.78, 5) is 22.9. The number of carbonyl (C=O) groups excluding carboxylic acids is 1. The molecule has 0 bridgehead atoms. The van der Waals surface area contributed by atoms with E-state index >= 15 is 0 Å². The van der Waals surface area contributed by atoms with Gasteiger partial charge in [-0.05, 0) is 69.7 Å². The van der Waals surface area contributed by atoms with Gasteiger partial charge in [0.1, 0.15) is 5.75 Å². The third kappa shape index (κ3) is 6.43. The first-order chi connectivity index (χ1) is 17.0. The van der Waals surface area contributed by atoms with Crippen LogP contribution >= 0.6 is 0 Å². The van der Waals surface area contributed by atoms with E-state index in [2.05, 4.69) is 52.1 Å². The normalized spacial score (nSPS) is 19.4. The molecule has 0 radical (unpaired) electrons. The number of ether oxygens (including phenoxy) is 1. The van der Waals surface area contributed by atoms with Crippen LogP contribution in [0.2, 0.25) is 0 Å². The minimum Gasteiger partial charge on any atom is -0.494 e. The van der Waals surface area contributed by atoms with Gasteiger partial charge in [-0.1, -0.05) is 37.3 Å². The lowest BCUT2D eigenvalue weighted by Crippen LogP contribution is -2.64. The summed E-state index contributed by atoms with van der Waals surface area (Å²) in [5.74, 6) is 1.04. The summed E-state index contributed by atoms with van der Waals surface area (Å²) in [6.45, 7) is 12.7. The van der Waals surface area contributed by atoms with Gasteiger partial charge in [0.05, 0.1) is 6.61 Å². The average molecular weight is 479 g/mol. The van der Waals surface area contributed by atoms with Crippen molar-refractivity contribution in [2.45, 2.75) is 45.2 Å². The molecule has 2 fully saturated rings. The van der Waals surface area contributed by atoms with Crippen molar-refractivity contribution >= 4 is 11.6 Å². The minimum absolute atomic E-state index is 0.00870. The average Bonchev–Trinajstić information content (AvgIpc) is 2.90. The highest BCUT2D eigenvalue weighted by atomic mass is 16.5. The molecule has 6 nitrogen and oxygen atoms in total. The molecule has 2 aromatic carbocycles. The van der Waals surface area contributed by atoms with Gasteiger partial charge < -0.3 is 14.5 Å². The second-order valence-corrected chi connectivity index (χ2v) is 10.0. The highest BCUT2D eigenvalue weighted by Gasteiger charge is 2.42. The third-order valence-electron chi connectivity index (χ3n) is 7.73. The topological polar surface area (TPSA) is 39.3 Å². The molecule has 2 heterocycles. The molecule has 0 unspecified atom stereocenters. The van der Waals surface area contributed by atoms with E-state index in [0.717, 1.165) is 76.6 Å². The maximum absolute atomic E-state index is 13.2. The third-order valence-corrected chi connectivity index (χ3v) is 7.73. The Morgan fingerprint density at radius 2 is 1.57 bits per heavy atom. The predicted octanol–water partition coefficient (Wildman–Crippen LogP) is 4.11. The number of benzene rings is 2. The first-order valence-electron chi connectivity index (χ1n) is 13.3. The van der Waals surface area contributed by atoms with Crippen molar-refractivity contribution < 1.29 is 9.53 Å². The van der Waals surface area contributed by atoms with Crippen LogP contribution in [0, 0.1) is 0 Å². The van der Waals surface area contributed by atoms with Gasteiger partial charge in [0, 0.05) is 56.9 Å². The van der Waals surface area contributed by atoms with Gasteiger partial charge in [-0.25, -0.2) is 0 Å². The van der Waals surface area contributed by atoms with E-state index in [4.69, 9.17) is 4.74 Å². The van der Waals surface area contributed by atoms with Gasteiger partial charge in [0.15, 0.2) is 0 Å². The number of nitrogens with zero attached hydrogens (tertiary/aromatic N) is 4. The molecule has 1 amide bonds. The number of anilines is 1. The van der Waals surface area contributed by atoms with Crippen LogP contribution in [0.4, 0.5) is 5.69 Å². The van der Waals surface area contributed by atoms with Crippen LogP contribution in [-0.4, -0.2) is 85.6 Å². The zero-order chi connectivity index (χ0) is 24.7. The van der Waals surface area contributed by atoms with Crippen molar-refractivity contribution in [3.05, 3.63) is 60.2 Å². The molecule has 2 aromatic rings. The molecule has 4 rings (SSSR count). The summed E-state index contributed by atoms with van der Waals surface area (Å²) < 4.78 is 5.63. The van der Waals surface area contributed by atoms with Crippen molar-refractivity contribution in [1.29, 1.82) is 0 Å². The molecule has 0 atom stereocenters. The first-order valence-corrected chi connectivity index (χ1v) is 13.3. The van der Waals surface area contributed by atoms with Crippen LogP contribution in [0.3, 0.4) is 0 Å². The van der Waals surface area contributed by atoms with Gasteiger partial charge in [-0.2, -0.15) is 0 Å². The molecule has 0 aromatic heterocycles. The first kappa shape index (κ1) is 25.7. The maximum Gasteiger partial charge on any atom is 0.226 e. The van der Waals surface area contributed by atoms with Crippen molar-refractivity contribution in [3.8, 4) is 5.75 Å². The number of carbonyl (C=O) groups is 1. The predicted molar refractivity (Wildman–Crippen MR) is 143 cm³/mol. The largest absolute Gasteiger partial charge is 0.494 e. The zero-order valence-corrected chi connectivity index (χ0v) is 21.8. The molecule has 190 valence electrons. The standard InChI is InChI=1S/C29H42N4O2/c1-4-28(34)33(26-11-13-27(14-12-26)35-5-2)24-29(15-17-30(3)18-16-29)32-21-19-31(20-22-32)23-25-9-7-6-8-10-25/h6-14H,4-5,15-24H2,1-3H3. The lowest BCUT2D eigenvalue weighted by atomic mass is 9.84. The lowest BCUT2D eigenvalue weighted by Gasteiger charge is -2.52. The Balaban J connectivity index is 1.50. The number of hydrogen-bond donors (Lipinski definition) is 0. The van der Waals surface area contributed by atoms with Crippen LogP contribution in [0.5, 0.6) is 5.75 Å². The SMILES string of the molecule is CCOc1ccc(N(CC2(N3CCN(Cc4ccccc4)CC3)CCN(C)CC2)C(=O)CC)cc1. The van der Waals surface area contributed by atoms with Crippen LogP contribution in [0.1, 0.15) is 38.7 Å². The molecule has 2 saturated heterocycles. The molecular weight excluding hydrogens is 436 g/mol. The Bertz CT molecular complexity index is 917. The lowest BCUT2D eigenvalue weighted by molar-refractivity contribution is -0.119. The summed E-state index contributed by atoms with van der Waals surface area (Å²) >= 11 is 0. The van der Waals surface area contributed by atoms with Crippen LogP contribution in [0.15, 0.2) is 54.6 Å². The Kier molecular flexibility index (Phi) is 8.82. The Morgan fingerprint density at radius 1 is 0.914 bits per heavy atom. The number of piperazine rings is 1. The molecule has 0 saturated carbocycles. The van der Waals surface area contributed by atoms with Crippen LogP contribution in [-0.2, 0) is 11.3 Å². The second kappa shape index (κ2) is 12.0. The molecule has 2 aliphatic heterocycles. The van der Waals surface area contributed by atoms with Crippen LogP contribution in [0.25, 0.3) is 0 Å². The van der Waals surface area contributed by atoms with Crippen molar-refractivity contribution in [2.24, 2.45) is 0 Å². The second-order valence-electron chi connectivity index (χ2n) is 10.0. The molecule has 0 N–H and O–H groups in total. The Morgan fingerprint density at radius 3 is 2.17 bits per heavy atom. The highest BCUT2D eigenvalue weighted by Crippen LogP contribution is 2.33. The van der Waals surface area contributed by atoms with Crippen molar-refractivity contribution in [2.75, 3.05) is 64.4 Å². The van der Waals surface area contributed by atoms with Gasteiger partial charge in [0.2, 0.25) is 5.91 Å². The molecular formula is C29H42N4O2. The molecule has 0 aliphatic carbocycles. The van der Waals surface area contributed by atoms with E-state index < -0.39 is 0 Å². The van der Waals surface area contributed by atoms with E-state index in [9.17, 15) is 4.79 Å². The number of piperidine rings is 1. The van der Waals surface area contributed by atoms with Gasteiger partial charge in [-0.15, -0.1) is 0 Å². The van der Waals surface area contributed by atoms with E-state index in [1.54, 1.807) is 0 Å². The summed E-state index contributed by atoms with van der Waals surface area (Å²) in [7, 11) is 2.21. The number of hydrogen-bond acceptors (Lipinski definition) is 5. The van der Waals surface area contributed by atoms with Gasteiger partial charge >= 0.3 is 0 Å². The van der Waals surface area contributed by atoms with Gasteiger partial charge in [0.25, 0.3) is 0 Å². The van der Waals surface area contributed by atoms with E-state index in [1.807, 2.05) is 43.0 Å². The number of rotatable bonds is 9. The number of amides is 1. The minimum atomic E-state index is 0.00870. The molecule has 6 heteroatoms. The fourth-order valence-electron chi connectivity index (χ4n) is 5.53. The van der Waals surface area contributed by atoms with Crippen molar-refractivity contribution in [1.82, 2.24) is 14.7 Å². The van der Waals surface area contributed by atoms with E-state index in [-0.39, 0.29) is 11.4 Å². The quantitative estimate of drug-likeness (QED) is 0.542. The fourth-order valence-corrected chi connectivity index (χ4v) is 5.53.